The van der Waals surface area contributed by atoms with E-state index in [4.69, 9.17) is 11.6 Å². The molecule has 0 N–H and O–H groups in total. The van der Waals surface area contributed by atoms with Gasteiger partial charge in [0.2, 0.25) is 0 Å². The Balaban J connectivity index is 2.37. The van der Waals surface area contributed by atoms with Crippen molar-refractivity contribution in [3.63, 3.8) is 0 Å². The van der Waals surface area contributed by atoms with Crippen LogP contribution in [0.25, 0.3) is 0 Å². The fourth-order valence-corrected chi connectivity index (χ4v) is 1.81. The van der Waals surface area contributed by atoms with E-state index >= 15 is 0 Å². The lowest BCUT2D eigenvalue weighted by Gasteiger charge is -2.10. The first-order valence-corrected chi connectivity index (χ1v) is 5.25. The molecule has 0 bridgehead atoms. The maximum absolute atomic E-state index is 13.0. The van der Waals surface area contributed by atoms with Gasteiger partial charge < -0.3 is 0 Å². The van der Waals surface area contributed by atoms with Crippen molar-refractivity contribution in [2.45, 2.75) is 5.38 Å². The van der Waals surface area contributed by atoms with Crippen LogP contribution in [-0.4, -0.2) is 0 Å². The number of halogens is 3. The molecule has 0 heterocycles. The first-order chi connectivity index (χ1) is 7.66. The van der Waals surface area contributed by atoms with Gasteiger partial charge in [-0.25, -0.2) is 8.78 Å². The molecule has 16 heavy (non-hydrogen) atoms. The number of hydrogen-bond acceptors (Lipinski definition) is 0. The fourth-order valence-electron chi connectivity index (χ4n) is 1.54. The third-order valence-electron chi connectivity index (χ3n) is 2.27. The summed E-state index contributed by atoms with van der Waals surface area (Å²) in [4.78, 5) is 0. The van der Waals surface area contributed by atoms with E-state index in [9.17, 15) is 8.78 Å². The second kappa shape index (κ2) is 4.62. The lowest BCUT2D eigenvalue weighted by molar-refractivity contribution is 0.580. The van der Waals surface area contributed by atoms with Crippen LogP contribution in [0.2, 0.25) is 0 Å². The summed E-state index contributed by atoms with van der Waals surface area (Å²) in [5, 5.41) is -0.536. The van der Waals surface area contributed by atoms with Gasteiger partial charge in [0.25, 0.3) is 0 Å². The van der Waals surface area contributed by atoms with Crippen molar-refractivity contribution in [2.24, 2.45) is 0 Å². The largest absolute Gasteiger partial charge is 0.207 e. The summed E-state index contributed by atoms with van der Waals surface area (Å²) in [6.07, 6.45) is 0. The molecule has 0 aliphatic rings. The van der Waals surface area contributed by atoms with Crippen LogP contribution in [-0.2, 0) is 0 Å². The zero-order chi connectivity index (χ0) is 11.5. The number of alkyl halides is 1. The highest BCUT2D eigenvalue weighted by Crippen LogP contribution is 2.29. The maximum Gasteiger partial charge on any atom is 0.126 e. The fraction of sp³-hybridized carbons (Fsp3) is 0.0769. The minimum Gasteiger partial charge on any atom is -0.207 e. The SMILES string of the molecule is Fc1cc(F)cc(C(Cl)c2ccccc2)c1. The molecule has 0 fully saturated rings. The zero-order valence-corrected chi connectivity index (χ0v) is 9.09. The third kappa shape index (κ3) is 2.39. The Hall–Kier alpha value is -1.41. The molecule has 0 aliphatic carbocycles. The molecule has 0 saturated carbocycles. The smallest absolute Gasteiger partial charge is 0.126 e. The molecule has 2 aromatic rings. The average Bonchev–Trinajstić information content (AvgIpc) is 2.28. The summed E-state index contributed by atoms with van der Waals surface area (Å²) >= 11 is 6.14. The van der Waals surface area contributed by atoms with E-state index in [1.54, 1.807) is 0 Å². The summed E-state index contributed by atoms with van der Waals surface area (Å²) in [6, 6.07) is 12.5. The highest BCUT2D eigenvalue weighted by molar-refractivity contribution is 6.22. The van der Waals surface area contributed by atoms with E-state index < -0.39 is 17.0 Å². The van der Waals surface area contributed by atoms with Crippen molar-refractivity contribution < 1.29 is 8.78 Å². The van der Waals surface area contributed by atoms with Crippen LogP contribution >= 0.6 is 11.6 Å². The van der Waals surface area contributed by atoms with Crippen LogP contribution in [0.15, 0.2) is 48.5 Å². The van der Waals surface area contributed by atoms with E-state index in [0.717, 1.165) is 11.6 Å². The molecule has 82 valence electrons. The lowest BCUT2D eigenvalue weighted by Crippen LogP contribution is -1.95. The van der Waals surface area contributed by atoms with Crippen LogP contribution < -0.4 is 0 Å². The summed E-state index contributed by atoms with van der Waals surface area (Å²) < 4.78 is 26.0. The van der Waals surface area contributed by atoms with Gasteiger partial charge in [-0.3, -0.25) is 0 Å². The number of rotatable bonds is 2. The van der Waals surface area contributed by atoms with Gasteiger partial charge in [0, 0.05) is 6.07 Å². The van der Waals surface area contributed by atoms with E-state index in [1.165, 1.54) is 12.1 Å². The first-order valence-electron chi connectivity index (χ1n) is 4.82. The molecule has 0 aromatic heterocycles. The van der Waals surface area contributed by atoms with Crippen molar-refractivity contribution in [1.29, 1.82) is 0 Å². The van der Waals surface area contributed by atoms with Crippen LogP contribution in [0.4, 0.5) is 8.78 Å². The van der Waals surface area contributed by atoms with Crippen molar-refractivity contribution in [2.75, 3.05) is 0 Å². The molecule has 0 radical (unpaired) electrons. The zero-order valence-electron chi connectivity index (χ0n) is 8.33. The normalized spacial score (nSPS) is 12.4. The van der Waals surface area contributed by atoms with Gasteiger partial charge in [-0.15, -0.1) is 11.6 Å². The van der Waals surface area contributed by atoms with Crippen molar-refractivity contribution >= 4 is 11.6 Å². The van der Waals surface area contributed by atoms with E-state index in [-0.39, 0.29) is 0 Å². The molecule has 2 aromatic carbocycles. The highest BCUT2D eigenvalue weighted by Gasteiger charge is 2.12. The Bertz CT molecular complexity index is 462. The van der Waals surface area contributed by atoms with Crippen LogP contribution in [0.3, 0.4) is 0 Å². The van der Waals surface area contributed by atoms with Gasteiger partial charge in [0.1, 0.15) is 11.6 Å². The average molecular weight is 239 g/mol. The molecular formula is C13H9ClF2. The molecule has 3 heteroatoms. The Morgan fingerprint density at radius 1 is 0.812 bits per heavy atom. The Labute approximate surface area is 97.5 Å². The van der Waals surface area contributed by atoms with Crippen LogP contribution in [0.5, 0.6) is 0 Å². The van der Waals surface area contributed by atoms with Gasteiger partial charge in [0.15, 0.2) is 0 Å². The van der Waals surface area contributed by atoms with Crippen LogP contribution in [0, 0.1) is 11.6 Å². The van der Waals surface area contributed by atoms with Gasteiger partial charge in [-0.2, -0.15) is 0 Å². The van der Waals surface area contributed by atoms with Crippen molar-refractivity contribution in [1.82, 2.24) is 0 Å². The molecule has 1 atom stereocenters. The van der Waals surface area contributed by atoms with Gasteiger partial charge >= 0.3 is 0 Å². The van der Waals surface area contributed by atoms with E-state index in [1.807, 2.05) is 30.3 Å². The predicted molar refractivity (Wildman–Crippen MR) is 60.5 cm³/mol. The van der Waals surface area contributed by atoms with Gasteiger partial charge in [0.05, 0.1) is 5.38 Å². The summed E-state index contributed by atoms with van der Waals surface area (Å²) in [6.45, 7) is 0. The molecule has 0 amide bonds. The molecule has 0 nitrogen and oxygen atoms in total. The molecule has 2 rings (SSSR count). The van der Waals surface area contributed by atoms with Gasteiger partial charge in [-0.1, -0.05) is 30.3 Å². The van der Waals surface area contributed by atoms with E-state index in [0.29, 0.717) is 5.56 Å². The standard InChI is InChI=1S/C13H9ClF2/c14-13(9-4-2-1-3-5-9)10-6-11(15)8-12(16)7-10/h1-8,13H. The molecular weight excluding hydrogens is 230 g/mol. The summed E-state index contributed by atoms with van der Waals surface area (Å²) in [7, 11) is 0. The maximum atomic E-state index is 13.0. The molecule has 0 aliphatic heterocycles. The summed E-state index contributed by atoms with van der Waals surface area (Å²) in [5.74, 6) is -1.23. The first kappa shape index (κ1) is 11.1. The quantitative estimate of drug-likeness (QED) is 0.685. The van der Waals surface area contributed by atoms with Crippen molar-refractivity contribution in [3.8, 4) is 0 Å². The predicted octanol–water partition coefficient (Wildman–Crippen LogP) is 4.29. The monoisotopic (exact) mass is 238 g/mol. The minimum absolute atomic E-state index is 0.422. The second-order valence-corrected chi connectivity index (χ2v) is 3.91. The van der Waals surface area contributed by atoms with E-state index in [2.05, 4.69) is 0 Å². The Morgan fingerprint density at radius 2 is 1.38 bits per heavy atom. The molecule has 0 saturated heterocycles. The highest BCUT2D eigenvalue weighted by atomic mass is 35.5. The van der Waals surface area contributed by atoms with Crippen LogP contribution in [0.1, 0.15) is 16.5 Å². The molecule has 0 spiro atoms. The number of hydrogen-bond donors (Lipinski definition) is 0. The Kier molecular flexibility index (Phi) is 3.20. The number of benzene rings is 2. The van der Waals surface area contributed by atoms with Crippen molar-refractivity contribution in [3.05, 3.63) is 71.3 Å². The lowest BCUT2D eigenvalue weighted by atomic mass is 10.0. The Morgan fingerprint density at radius 3 is 1.94 bits per heavy atom. The summed E-state index contributed by atoms with van der Waals surface area (Å²) in [5.41, 5.74) is 1.24. The topological polar surface area (TPSA) is 0 Å². The van der Waals surface area contributed by atoms with Gasteiger partial charge in [-0.05, 0) is 23.3 Å². The minimum atomic E-state index is -0.614. The third-order valence-corrected chi connectivity index (χ3v) is 2.77. The second-order valence-electron chi connectivity index (χ2n) is 3.48. The molecule has 1 unspecified atom stereocenters.